The van der Waals surface area contributed by atoms with E-state index in [-0.39, 0.29) is 13.2 Å². The molecule has 0 bridgehead atoms. The summed E-state index contributed by atoms with van der Waals surface area (Å²) in [6.07, 6.45) is 15.2. The molecule has 0 aromatic heterocycles. The molecule has 0 unspecified atom stereocenters. The zero-order valence-electron chi connectivity index (χ0n) is 16.5. The van der Waals surface area contributed by atoms with Crippen molar-refractivity contribution in [2.24, 2.45) is 0 Å². The summed E-state index contributed by atoms with van der Waals surface area (Å²) in [5.41, 5.74) is 0. The highest BCUT2D eigenvalue weighted by Gasteiger charge is 2.40. The molecule has 0 saturated carbocycles. The number of ether oxygens (including phenoxy) is 2. The zero-order valence-corrected chi connectivity index (χ0v) is 16.5. The second-order valence-corrected chi connectivity index (χ2v) is 7.34. The van der Waals surface area contributed by atoms with Gasteiger partial charge >= 0.3 is 0 Å². The fourth-order valence-corrected chi connectivity index (χ4v) is 3.38. The predicted octanol–water partition coefficient (Wildman–Crippen LogP) is 3.35. The van der Waals surface area contributed by atoms with Crippen molar-refractivity contribution < 1.29 is 24.8 Å². The van der Waals surface area contributed by atoms with Crippen LogP contribution in [0.1, 0.15) is 77.6 Å². The summed E-state index contributed by atoms with van der Waals surface area (Å²) in [7, 11) is 0. The number of aliphatic hydroxyl groups excluding tert-OH is 3. The topological polar surface area (TPSA) is 79.2 Å². The number of hydrogen-bond acceptors (Lipinski definition) is 5. The minimum atomic E-state index is -0.977. The van der Waals surface area contributed by atoms with Gasteiger partial charge in [0.25, 0.3) is 0 Å². The quantitative estimate of drug-likeness (QED) is 0.286. The van der Waals surface area contributed by atoms with Crippen LogP contribution in [0.2, 0.25) is 0 Å². The standard InChI is InChI=1S/C21H40O5/c1-2-3-4-5-6-7-8-9-10-11-12-13-14-15-25-19(16-22)21-20(24)18(23)17-26-21/h2-3,18-24H,4-17H2,1H3/b3-2+/t18-,19+,20+,21+/m1/s1. The second-order valence-electron chi connectivity index (χ2n) is 7.34. The summed E-state index contributed by atoms with van der Waals surface area (Å²) in [6.45, 7) is 2.53. The van der Waals surface area contributed by atoms with Gasteiger partial charge in [-0.3, -0.25) is 0 Å². The summed E-state index contributed by atoms with van der Waals surface area (Å²) in [5.74, 6) is 0. The van der Waals surface area contributed by atoms with E-state index >= 15 is 0 Å². The van der Waals surface area contributed by atoms with Crippen LogP contribution >= 0.6 is 0 Å². The smallest absolute Gasteiger partial charge is 0.114 e. The Bertz CT molecular complexity index is 347. The number of allylic oxidation sites excluding steroid dienone is 2. The van der Waals surface area contributed by atoms with Crippen molar-refractivity contribution in [2.75, 3.05) is 19.8 Å². The first-order valence-corrected chi connectivity index (χ1v) is 10.5. The third-order valence-electron chi connectivity index (χ3n) is 5.07. The molecule has 0 radical (unpaired) electrons. The molecule has 4 atom stereocenters. The molecule has 154 valence electrons. The number of rotatable bonds is 16. The molecule has 0 spiro atoms. The van der Waals surface area contributed by atoms with E-state index in [4.69, 9.17) is 9.47 Å². The highest BCUT2D eigenvalue weighted by molar-refractivity contribution is 4.88. The van der Waals surface area contributed by atoms with Crippen molar-refractivity contribution in [3.63, 3.8) is 0 Å². The Hall–Kier alpha value is -0.460. The lowest BCUT2D eigenvalue weighted by Crippen LogP contribution is -2.42. The van der Waals surface area contributed by atoms with Crippen LogP contribution in [0.4, 0.5) is 0 Å². The average molecular weight is 373 g/mol. The van der Waals surface area contributed by atoms with E-state index in [2.05, 4.69) is 19.1 Å². The van der Waals surface area contributed by atoms with Crippen LogP contribution in [0, 0.1) is 0 Å². The highest BCUT2D eigenvalue weighted by atomic mass is 16.6. The fourth-order valence-electron chi connectivity index (χ4n) is 3.38. The zero-order chi connectivity index (χ0) is 19.0. The second kappa shape index (κ2) is 15.6. The monoisotopic (exact) mass is 372 g/mol. The molecule has 0 aromatic carbocycles. The minimum absolute atomic E-state index is 0.0987. The molecule has 0 amide bonds. The minimum Gasteiger partial charge on any atom is -0.394 e. The number of aliphatic hydroxyl groups is 3. The van der Waals surface area contributed by atoms with Crippen molar-refractivity contribution >= 4 is 0 Å². The van der Waals surface area contributed by atoms with E-state index < -0.39 is 24.4 Å². The van der Waals surface area contributed by atoms with E-state index in [0.717, 1.165) is 12.8 Å². The lowest BCUT2D eigenvalue weighted by molar-refractivity contribution is -0.101. The molecule has 5 heteroatoms. The molecule has 1 fully saturated rings. The van der Waals surface area contributed by atoms with E-state index in [0.29, 0.717) is 6.61 Å². The first-order valence-electron chi connectivity index (χ1n) is 10.5. The molecular weight excluding hydrogens is 332 g/mol. The molecule has 3 N–H and O–H groups in total. The Morgan fingerprint density at radius 1 is 0.962 bits per heavy atom. The normalized spacial score (nSPS) is 24.5. The molecular formula is C21H40O5. The molecule has 1 aliphatic rings. The number of hydrogen-bond donors (Lipinski definition) is 3. The lowest BCUT2D eigenvalue weighted by atomic mass is 10.1. The third kappa shape index (κ3) is 10.0. The van der Waals surface area contributed by atoms with E-state index in [1.54, 1.807) is 0 Å². The molecule has 26 heavy (non-hydrogen) atoms. The van der Waals surface area contributed by atoms with Gasteiger partial charge in [0.2, 0.25) is 0 Å². The van der Waals surface area contributed by atoms with Crippen LogP contribution in [-0.2, 0) is 9.47 Å². The Kier molecular flexibility index (Phi) is 14.1. The van der Waals surface area contributed by atoms with Gasteiger partial charge in [0.1, 0.15) is 24.4 Å². The largest absolute Gasteiger partial charge is 0.394 e. The average Bonchev–Trinajstić information content (AvgIpc) is 2.98. The van der Waals surface area contributed by atoms with Gasteiger partial charge in [0, 0.05) is 6.61 Å². The third-order valence-corrected chi connectivity index (χ3v) is 5.07. The fraction of sp³-hybridized carbons (Fsp3) is 0.905. The Morgan fingerprint density at radius 2 is 1.54 bits per heavy atom. The first kappa shape index (κ1) is 23.6. The summed E-state index contributed by atoms with van der Waals surface area (Å²) >= 11 is 0. The maximum atomic E-state index is 9.81. The van der Waals surface area contributed by atoms with Crippen LogP contribution in [-0.4, -0.2) is 59.6 Å². The van der Waals surface area contributed by atoms with Crippen molar-refractivity contribution in [1.82, 2.24) is 0 Å². The van der Waals surface area contributed by atoms with Crippen LogP contribution in [0.5, 0.6) is 0 Å². The summed E-state index contributed by atoms with van der Waals surface area (Å²) in [5, 5.41) is 28.7. The maximum Gasteiger partial charge on any atom is 0.114 e. The molecule has 1 saturated heterocycles. The number of unbranched alkanes of at least 4 members (excludes halogenated alkanes) is 10. The van der Waals surface area contributed by atoms with Crippen molar-refractivity contribution in [3.05, 3.63) is 12.2 Å². The van der Waals surface area contributed by atoms with Gasteiger partial charge in [-0.2, -0.15) is 0 Å². The summed E-state index contributed by atoms with van der Waals surface area (Å²) in [4.78, 5) is 0. The van der Waals surface area contributed by atoms with Crippen LogP contribution < -0.4 is 0 Å². The lowest BCUT2D eigenvalue weighted by Gasteiger charge is -2.24. The van der Waals surface area contributed by atoms with Crippen molar-refractivity contribution in [3.8, 4) is 0 Å². The van der Waals surface area contributed by atoms with Gasteiger partial charge in [0.15, 0.2) is 0 Å². The Labute approximate surface area is 159 Å². The Balaban J connectivity index is 1.88. The SMILES string of the molecule is C/C=C/CCCCCCCCCCCCO[C@@H](CO)[C@@H]1OC[C@@H](O)[C@@H]1O. The summed E-state index contributed by atoms with van der Waals surface area (Å²) < 4.78 is 11.0. The van der Waals surface area contributed by atoms with Gasteiger partial charge in [0.05, 0.1) is 13.2 Å². The molecule has 1 rings (SSSR count). The van der Waals surface area contributed by atoms with Crippen molar-refractivity contribution in [2.45, 2.75) is 102 Å². The van der Waals surface area contributed by atoms with Crippen LogP contribution in [0.15, 0.2) is 12.2 Å². The Morgan fingerprint density at radius 3 is 2.04 bits per heavy atom. The molecule has 5 nitrogen and oxygen atoms in total. The molecule has 1 aliphatic heterocycles. The maximum absolute atomic E-state index is 9.81. The van der Waals surface area contributed by atoms with Crippen LogP contribution in [0.25, 0.3) is 0 Å². The van der Waals surface area contributed by atoms with Gasteiger partial charge < -0.3 is 24.8 Å². The molecule has 0 aromatic rings. The van der Waals surface area contributed by atoms with Gasteiger partial charge in [-0.25, -0.2) is 0 Å². The van der Waals surface area contributed by atoms with Gasteiger partial charge in [-0.15, -0.1) is 0 Å². The van der Waals surface area contributed by atoms with Crippen LogP contribution in [0.3, 0.4) is 0 Å². The van der Waals surface area contributed by atoms with Gasteiger partial charge in [-0.05, 0) is 26.2 Å². The van der Waals surface area contributed by atoms with Crippen molar-refractivity contribution in [1.29, 1.82) is 0 Å². The molecule has 0 aliphatic carbocycles. The predicted molar refractivity (Wildman–Crippen MR) is 104 cm³/mol. The van der Waals surface area contributed by atoms with E-state index in [1.165, 1.54) is 57.8 Å². The first-order chi connectivity index (χ1) is 12.7. The highest BCUT2D eigenvalue weighted by Crippen LogP contribution is 2.20. The summed E-state index contributed by atoms with van der Waals surface area (Å²) in [6, 6.07) is 0. The van der Waals surface area contributed by atoms with E-state index in [1.807, 2.05) is 0 Å². The van der Waals surface area contributed by atoms with Gasteiger partial charge in [-0.1, -0.05) is 63.5 Å². The van der Waals surface area contributed by atoms with E-state index in [9.17, 15) is 15.3 Å². The molecule has 1 heterocycles.